The molecule has 0 spiro atoms. The van der Waals surface area contributed by atoms with Gasteiger partial charge in [-0.05, 0) is 44.5 Å². The van der Waals surface area contributed by atoms with E-state index in [1.807, 2.05) is 57.3 Å². The smallest absolute Gasteiger partial charge is 0.275 e. The van der Waals surface area contributed by atoms with Crippen molar-refractivity contribution in [2.75, 3.05) is 26.7 Å². The minimum absolute atomic E-state index is 0.0479. The first-order valence-electron chi connectivity index (χ1n) is 8.98. The van der Waals surface area contributed by atoms with Gasteiger partial charge in [-0.25, -0.2) is 0 Å². The van der Waals surface area contributed by atoms with Crippen molar-refractivity contribution in [2.45, 2.75) is 32.9 Å². The summed E-state index contributed by atoms with van der Waals surface area (Å²) in [6.45, 7) is 6.42. The number of likely N-dealkylation sites (N-methyl/N-ethyl adjacent to an activating group) is 1. The molecule has 142 valence electrons. The van der Waals surface area contributed by atoms with Gasteiger partial charge in [-0.3, -0.25) is 4.79 Å². The first-order valence-corrected chi connectivity index (χ1v) is 9.77. The molecule has 5 nitrogen and oxygen atoms in total. The quantitative estimate of drug-likeness (QED) is 0.577. The van der Waals surface area contributed by atoms with Crippen LogP contribution in [-0.4, -0.2) is 38.8 Å². The molecule has 0 saturated heterocycles. The van der Waals surface area contributed by atoms with Gasteiger partial charge in [0.1, 0.15) is 12.3 Å². The van der Waals surface area contributed by atoms with Crippen LogP contribution < -0.4 is 10.2 Å². The molecule has 1 heterocycles. The molecule has 0 aliphatic rings. The van der Waals surface area contributed by atoms with Crippen molar-refractivity contribution >= 4 is 21.8 Å². The standard InChI is InChI=1S/C20H27BrN2O3/c1-15(2)25-12-4-11-22-20(24)14-23(3)13-18-9-10-19(26-18)16-5-7-17(21)8-6-16/h5-10,15H,4,11-14H2,1-3H3,(H,22,24)/p+1. The third-order valence-corrected chi connectivity index (χ3v) is 4.35. The highest BCUT2D eigenvalue weighted by molar-refractivity contribution is 9.10. The molecule has 2 N–H and O–H groups in total. The molecule has 1 amide bonds. The van der Waals surface area contributed by atoms with Crippen LogP contribution in [0.1, 0.15) is 26.0 Å². The zero-order chi connectivity index (χ0) is 18.9. The molecule has 1 aromatic heterocycles. The molecule has 0 aliphatic heterocycles. The predicted molar refractivity (Wildman–Crippen MR) is 106 cm³/mol. The molecule has 1 aromatic carbocycles. The molecule has 1 atom stereocenters. The van der Waals surface area contributed by atoms with Crippen LogP contribution in [0.15, 0.2) is 45.3 Å². The minimum atomic E-state index is 0.0479. The highest BCUT2D eigenvalue weighted by Gasteiger charge is 2.13. The summed E-state index contributed by atoms with van der Waals surface area (Å²) < 4.78 is 12.4. The number of quaternary nitrogens is 1. The molecule has 6 heteroatoms. The fourth-order valence-electron chi connectivity index (χ4n) is 2.56. The maximum Gasteiger partial charge on any atom is 0.275 e. The lowest BCUT2D eigenvalue weighted by Gasteiger charge is -2.13. The second-order valence-electron chi connectivity index (χ2n) is 6.71. The Labute approximate surface area is 163 Å². The lowest BCUT2D eigenvalue weighted by molar-refractivity contribution is -0.886. The van der Waals surface area contributed by atoms with Gasteiger partial charge in [0.2, 0.25) is 0 Å². The number of furan rings is 1. The van der Waals surface area contributed by atoms with Crippen molar-refractivity contribution in [1.82, 2.24) is 5.32 Å². The summed E-state index contributed by atoms with van der Waals surface area (Å²) in [5.41, 5.74) is 1.04. The van der Waals surface area contributed by atoms with E-state index in [9.17, 15) is 4.79 Å². The number of ether oxygens (including phenoxy) is 1. The molecule has 0 fully saturated rings. The van der Waals surface area contributed by atoms with Crippen molar-refractivity contribution in [3.8, 4) is 11.3 Å². The molecule has 1 unspecified atom stereocenters. The van der Waals surface area contributed by atoms with Gasteiger partial charge in [0.05, 0.1) is 13.2 Å². The summed E-state index contributed by atoms with van der Waals surface area (Å²) in [7, 11) is 1.99. The lowest BCUT2D eigenvalue weighted by Crippen LogP contribution is -3.08. The fourth-order valence-corrected chi connectivity index (χ4v) is 2.82. The number of amides is 1. The van der Waals surface area contributed by atoms with Crippen LogP contribution in [0.3, 0.4) is 0 Å². The molecule has 0 bridgehead atoms. The van der Waals surface area contributed by atoms with Gasteiger partial charge in [-0.2, -0.15) is 0 Å². The Morgan fingerprint density at radius 1 is 1.23 bits per heavy atom. The zero-order valence-corrected chi connectivity index (χ0v) is 17.3. The van der Waals surface area contributed by atoms with E-state index in [2.05, 4.69) is 21.2 Å². The number of benzene rings is 1. The summed E-state index contributed by atoms with van der Waals surface area (Å²) in [5.74, 6) is 1.76. The van der Waals surface area contributed by atoms with E-state index in [0.717, 1.165) is 32.9 Å². The number of hydrogen-bond acceptors (Lipinski definition) is 3. The normalized spacial score (nSPS) is 12.3. The molecule has 0 aliphatic carbocycles. The van der Waals surface area contributed by atoms with E-state index in [4.69, 9.17) is 9.15 Å². The van der Waals surface area contributed by atoms with Crippen LogP contribution in [0.4, 0.5) is 0 Å². The number of halogens is 1. The molecule has 2 aromatic rings. The van der Waals surface area contributed by atoms with Crippen LogP contribution >= 0.6 is 15.9 Å². The van der Waals surface area contributed by atoms with E-state index < -0.39 is 0 Å². The van der Waals surface area contributed by atoms with E-state index >= 15 is 0 Å². The molecule has 0 saturated carbocycles. The van der Waals surface area contributed by atoms with Crippen LogP contribution in [0.25, 0.3) is 11.3 Å². The SMILES string of the molecule is CC(C)OCCCNC(=O)C[NH+](C)Cc1ccc(-c2ccc(Br)cc2)o1. The number of hydrogen-bond donors (Lipinski definition) is 2. The number of rotatable bonds is 10. The average Bonchev–Trinajstić information content (AvgIpc) is 3.03. The topological polar surface area (TPSA) is 55.9 Å². The first kappa shape index (κ1) is 20.7. The van der Waals surface area contributed by atoms with E-state index in [0.29, 0.717) is 26.2 Å². The number of carbonyl (C=O) groups is 1. The van der Waals surface area contributed by atoms with Crippen LogP contribution in [0.2, 0.25) is 0 Å². The molecule has 2 rings (SSSR count). The fraction of sp³-hybridized carbons (Fsp3) is 0.450. The third-order valence-electron chi connectivity index (χ3n) is 3.82. The van der Waals surface area contributed by atoms with Crippen molar-refractivity contribution in [3.63, 3.8) is 0 Å². The van der Waals surface area contributed by atoms with Crippen LogP contribution in [-0.2, 0) is 16.1 Å². The maximum atomic E-state index is 12.0. The molecule has 26 heavy (non-hydrogen) atoms. The largest absolute Gasteiger partial charge is 0.455 e. The summed E-state index contributed by atoms with van der Waals surface area (Å²) in [4.78, 5) is 13.1. The van der Waals surface area contributed by atoms with Crippen molar-refractivity contribution in [3.05, 3.63) is 46.6 Å². The highest BCUT2D eigenvalue weighted by Crippen LogP contribution is 2.23. The zero-order valence-electron chi connectivity index (χ0n) is 15.7. The Morgan fingerprint density at radius 3 is 2.65 bits per heavy atom. The molecular weight excluding hydrogens is 396 g/mol. The average molecular weight is 424 g/mol. The van der Waals surface area contributed by atoms with Crippen LogP contribution in [0.5, 0.6) is 0 Å². The summed E-state index contributed by atoms with van der Waals surface area (Å²) in [6.07, 6.45) is 1.06. The first-order chi connectivity index (χ1) is 12.4. The second kappa shape index (κ2) is 10.5. The van der Waals surface area contributed by atoms with Crippen LogP contribution in [0, 0.1) is 0 Å². The Bertz CT molecular complexity index is 683. The number of nitrogens with one attached hydrogen (secondary N) is 2. The summed E-state index contributed by atoms with van der Waals surface area (Å²) in [6, 6.07) is 12.0. The highest BCUT2D eigenvalue weighted by atomic mass is 79.9. The van der Waals surface area contributed by atoms with Gasteiger partial charge in [0.15, 0.2) is 12.3 Å². The van der Waals surface area contributed by atoms with Crippen molar-refractivity contribution in [1.29, 1.82) is 0 Å². The Hall–Kier alpha value is -1.63. The van der Waals surface area contributed by atoms with Gasteiger partial charge in [0.25, 0.3) is 5.91 Å². The van der Waals surface area contributed by atoms with E-state index in [1.54, 1.807) is 0 Å². The van der Waals surface area contributed by atoms with E-state index in [-0.39, 0.29) is 12.0 Å². The van der Waals surface area contributed by atoms with Crippen molar-refractivity contribution in [2.24, 2.45) is 0 Å². The van der Waals surface area contributed by atoms with Gasteiger partial charge in [0, 0.05) is 23.2 Å². The van der Waals surface area contributed by atoms with Gasteiger partial charge < -0.3 is 19.4 Å². The van der Waals surface area contributed by atoms with E-state index in [1.165, 1.54) is 0 Å². The van der Waals surface area contributed by atoms with Gasteiger partial charge in [-0.1, -0.05) is 28.1 Å². The monoisotopic (exact) mass is 423 g/mol. The Balaban J connectivity index is 1.73. The van der Waals surface area contributed by atoms with Gasteiger partial charge >= 0.3 is 0 Å². The Kier molecular flexibility index (Phi) is 8.35. The Morgan fingerprint density at radius 2 is 1.96 bits per heavy atom. The summed E-state index contributed by atoms with van der Waals surface area (Å²) >= 11 is 3.43. The second-order valence-corrected chi connectivity index (χ2v) is 7.62. The molecular formula is C20H28BrN2O3+. The summed E-state index contributed by atoms with van der Waals surface area (Å²) in [5, 5.41) is 2.93. The minimum Gasteiger partial charge on any atom is -0.455 e. The maximum absolute atomic E-state index is 12.0. The van der Waals surface area contributed by atoms with Crippen molar-refractivity contribution < 1.29 is 18.8 Å². The number of carbonyl (C=O) groups excluding carboxylic acids is 1. The molecule has 0 radical (unpaired) electrons. The van der Waals surface area contributed by atoms with Gasteiger partial charge in [-0.15, -0.1) is 0 Å². The predicted octanol–water partition coefficient (Wildman–Crippen LogP) is 2.66. The lowest BCUT2D eigenvalue weighted by atomic mass is 10.2. The third kappa shape index (κ3) is 7.32.